The second kappa shape index (κ2) is 3.98. The lowest BCUT2D eigenvalue weighted by atomic mass is 9.91. The number of aliphatic hydroxyl groups is 1. The molecule has 0 saturated carbocycles. The Bertz CT molecular complexity index is 293. The van der Waals surface area contributed by atoms with Gasteiger partial charge in [0, 0.05) is 5.54 Å². The molecule has 3 nitrogen and oxygen atoms in total. The zero-order valence-corrected chi connectivity index (χ0v) is 8.78. The van der Waals surface area contributed by atoms with Gasteiger partial charge in [0.25, 0.3) is 0 Å². The van der Waals surface area contributed by atoms with E-state index in [0.717, 1.165) is 5.56 Å². The average Bonchev–Trinajstić information content (AvgIpc) is 2.18. The van der Waals surface area contributed by atoms with Gasteiger partial charge in [0.2, 0.25) is 0 Å². The lowest BCUT2D eigenvalue weighted by Gasteiger charge is -2.30. The molecular weight excluding hydrogens is 178 g/mol. The molecule has 0 aromatic heterocycles. The van der Waals surface area contributed by atoms with Gasteiger partial charge >= 0.3 is 0 Å². The lowest BCUT2D eigenvalue weighted by molar-refractivity contribution is 0.0854. The average molecular weight is 195 g/mol. The molecule has 3 heteroatoms. The molecule has 0 saturated heterocycles. The maximum Gasteiger partial charge on any atom is 0.115 e. The number of likely N-dealkylation sites (N-methyl/N-ethyl adjacent to an activating group) is 1. The van der Waals surface area contributed by atoms with Gasteiger partial charge in [0.05, 0.1) is 6.10 Å². The van der Waals surface area contributed by atoms with E-state index in [9.17, 15) is 5.11 Å². The van der Waals surface area contributed by atoms with Crippen LogP contribution in [0.2, 0.25) is 0 Å². The highest BCUT2D eigenvalue weighted by molar-refractivity contribution is 5.28. The fourth-order valence-corrected chi connectivity index (χ4v) is 1.21. The normalized spacial score (nSPS) is 14.0. The van der Waals surface area contributed by atoms with E-state index >= 15 is 0 Å². The summed E-state index contributed by atoms with van der Waals surface area (Å²) in [5.74, 6) is 0.211. The first-order valence-corrected chi connectivity index (χ1v) is 4.63. The van der Waals surface area contributed by atoms with Gasteiger partial charge < -0.3 is 15.5 Å². The molecule has 3 N–H and O–H groups in total. The number of hydrogen-bond donors (Lipinski definition) is 3. The number of phenols is 1. The van der Waals surface area contributed by atoms with Gasteiger partial charge in [-0.3, -0.25) is 0 Å². The van der Waals surface area contributed by atoms with Gasteiger partial charge in [-0.1, -0.05) is 12.1 Å². The highest BCUT2D eigenvalue weighted by Gasteiger charge is 2.26. The van der Waals surface area contributed by atoms with Gasteiger partial charge in [0.15, 0.2) is 0 Å². The molecule has 0 aliphatic carbocycles. The fraction of sp³-hybridized carbons (Fsp3) is 0.455. The van der Waals surface area contributed by atoms with Gasteiger partial charge in [-0.05, 0) is 38.6 Å². The van der Waals surface area contributed by atoms with Gasteiger partial charge in [-0.2, -0.15) is 0 Å². The number of rotatable bonds is 3. The smallest absolute Gasteiger partial charge is 0.115 e. The van der Waals surface area contributed by atoms with Crippen molar-refractivity contribution in [2.75, 3.05) is 7.05 Å². The van der Waals surface area contributed by atoms with Crippen molar-refractivity contribution in [2.24, 2.45) is 0 Å². The molecule has 0 amide bonds. The van der Waals surface area contributed by atoms with Crippen LogP contribution in [0.1, 0.15) is 25.5 Å². The van der Waals surface area contributed by atoms with Crippen LogP contribution < -0.4 is 5.32 Å². The van der Waals surface area contributed by atoms with Gasteiger partial charge in [-0.25, -0.2) is 0 Å². The predicted octanol–water partition coefficient (Wildman–Crippen LogP) is 1.42. The Labute approximate surface area is 84.4 Å². The molecule has 1 unspecified atom stereocenters. The molecule has 0 spiro atoms. The summed E-state index contributed by atoms with van der Waals surface area (Å²) in [6.07, 6.45) is -0.590. The molecule has 0 bridgehead atoms. The summed E-state index contributed by atoms with van der Waals surface area (Å²) >= 11 is 0. The summed E-state index contributed by atoms with van der Waals surface area (Å²) in [7, 11) is 1.81. The minimum absolute atomic E-state index is 0.211. The summed E-state index contributed by atoms with van der Waals surface area (Å²) in [4.78, 5) is 0. The maximum atomic E-state index is 10.00. The van der Waals surface area contributed by atoms with Crippen LogP contribution in [0.25, 0.3) is 0 Å². The van der Waals surface area contributed by atoms with E-state index in [-0.39, 0.29) is 11.3 Å². The third-order valence-corrected chi connectivity index (χ3v) is 2.54. The molecule has 0 radical (unpaired) electrons. The second-order valence-corrected chi connectivity index (χ2v) is 3.97. The zero-order valence-electron chi connectivity index (χ0n) is 8.78. The van der Waals surface area contributed by atoms with Crippen molar-refractivity contribution in [3.05, 3.63) is 29.8 Å². The summed E-state index contributed by atoms with van der Waals surface area (Å²) in [6.45, 7) is 3.84. The monoisotopic (exact) mass is 195 g/mol. The molecule has 1 aromatic carbocycles. The van der Waals surface area contributed by atoms with Crippen molar-refractivity contribution < 1.29 is 10.2 Å². The minimum atomic E-state index is -0.590. The van der Waals surface area contributed by atoms with Crippen molar-refractivity contribution in [2.45, 2.75) is 25.5 Å². The molecular formula is C11H17NO2. The number of phenolic OH excluding ortho intramolecular Hbond substituents is 1. The standard InChI is InChI=1S/C11H17NO2/c1-11(2,12-3)10(14)8-4-6-9(13)7-5-8/h4-7,10,12-14H,1-3H3. The van der Waals surface area contributed by atoms with E-state index in [4.69, 9.17) is 5.11 Å². The Morgan fingerprint density at radius 3 is 2.14 bits per heavy atom. The van der Waals surface area contributed by atoms with Crippen LogP contribution >= 0.6 is 0 Å². The second-order valence-electron chi connectivity index (χ2n) is 3.97. The van der Waals surface area contributed by atoms with Crippen molar-refractivity contribution in [1.29, 1.82) is 0 Å². The van der Waals surface area contributed by atoms with E-state index in [1.54, 1.807) is 24.3 Å². The van der Waals surface area contributed by atoms with E-state index in [0.29, 0.717) is 0 Å². The van der Waals surface area contributed by atoms with Crippen LogP contribution in [0.5, 0.6) is 5.75 Å². The molecule has 0 heterocycles. The van der Waals surface area contributed by atoms with Crippen LogP contribution in [-0.4, -0.2) is 22.8 Å². The topological polar surface area (TPSA) is 52.5 Å². The van der Waals surface area contributed by atoms with Gasteiger partial charge in [0.1, 0.15) is 5.75 Å². The Hall–Kier alpha value is -1.06. The van der Waals surface area contributed by atoms with Crippen LogP contribution in [0.4, 0.5) is 0 Å². The molecule has 14 heavy (non-hydrogen) atoms. The Morgan fingerprint density at radius 2 is 1.71 bits per heavy atom. The van der Waals surface area contributed by atoms with Crippen LogP contribution in [0.15, 0.2) is 24.3 Å². The highest BCUT2D eigenvalue weighted by atomic mass is 16.3. The highest BCUT2D eigenvalue weighted by Crippen LogP contribution is 2.26. The largest absolute Gasteiger partial charge is 0.508 e. The summed E-state index contributed by atoms with van der Waals surface area (Å²) in [5, 5.41) is 22.1. The number of aromatic hydroxyl groups is 1. The summed E-state index contributed by atoms with van der Waals surface area (Å²) in [5.41, 5.74) is 0.416. The molecule has 0 fully saturated rings. The molecule has 1 aromatic rings. The molecule has 0 aliphatic heterocycles. The van der Waals surface area contributed by atoms with Crippen molar-refractivity contribution in [3.63, 3.8) is 0 Å². The van der Waals surface area contributed by atoms with Crippen LogP contribution in [0.3, 0.4) is 0 Å². The van der Waals surface area contributed by atoms with E-state index < -0.39 is 6.10 Å². The van der Waals surface area contributed by atoms with Crippen LogP contribution in [-0.2, 0) is 0 Å². The predicted molar refractivity (Wildman–Crippen MR) is 56.2 cm³/mol. The Morgan fingerprint density at radius 1 is 1.21 bits per heavy atom. The third-order valence-electron chi connectivity index (χ3n) is 2.54. The fourth-order valence-electron chi connectivity index (χ4n) is 1.21. The number of nitrogens with one attached hydrogen (secondary N) is 1. The Balaban J connectivity index is 2.89. The third kappa shape index (κ3) is 2.25. The number of hydrogen-bond acceptors (Lipinski definition) is 3. The van der Waals surface area contributed by atoms with Crippen molar-refractivity contribution in [3.8, 4) is 5.75 Å². The minimum Gasteiger partial charge on any atom is -0.508 e. The Kier molecular flexibility index (Phi) is 3.13. The number of benzene rings is 1. The first-order chi connectivity index (χ1) is 6.47. The lowest BCUT2D eigenvalue weighted by Crippen LogP contribution is -2.42. The first-order valence-electron chi connectivity index (χ1n) is 4.63. The molecule has 78 valence electrons. The van der Waals surface area contributed by atoms with E-state index in [1.165, 1.54) is 0 Å². The first kappa shape index (κ1) is 11.0. The number of aliphatic hydroxyl groups excluding tert-OH is 1. The van der Waals surface area contributed by atoms with Gasteiger partial charge in [-0.15, -0.1) is 0 Å². The summed E-state index contributed by atoms with van der Waals surface area (Å²) < 4.78 is 0. The van der Waals surface area contributed by atoms with Crippen molar-refractivity contribution >= 4 is 0 Å². The van der Waals surface area contributed by atoms with Crippen LogP contribution in [0, 0.1) is 0 Å². The summed E-state index contributed by atoms with van der Waals surface area (Å²) in [6, 6.07) is 6.59. The molecule has 1 rings (SSSR count). The zero-order chi connectivity index (χ0) is 10.8. The molecule has 0 aliphatic rings. The quantitative estimate of drug-likeness (QED) is 0.683. The van der Waals surface area contributed by atoms with Crippen molar-refractivity contribution in [1.82, 2.24) is 5.32 Å². The van der Waals surface area contributed by atoms with E-state index in [2.05, 4.69) is 5.32 Å². The SMILES string of the molecule is CNC(C)(C)C(O)c1ccc(O)cc1. The van der Waals surface area contributed by atoms with E-state index in [1.807, 2.05) is 20.9 Å². The maximum absolute atomic E-state index is 10.00. The molecule has 1 atom stereocenters.